The molecular formula is C18H20O4. The van der Waals surface area contributed by atoms with Gasteiger partial charge in [-0.05, 0) is 49.6 Å². The van der Waals surface area contributed by atoms with E-state index in [1.54, 1.807) is 19.2 Å². The van der Waals surface area contributed by atoms with Crippen LogP contribution in [-0.4, -0.2) is 20.5 Å². The van der Waals surface area contributed by atoms with Gasteiger partial charge in [-0.15, -0.1) is 0 Å². The third-order valence-corrected chi connectivity index (χ3v) is 3.69. The minimum atomic E-state index is 0.459. The third kappa shape index (κ3) is 2.91. The number of carbonyl (C=O) groups is 1. The zero-order chi connectivity index (χ0) is 16.3. The summed E-state index contributed by atoms with van der Waals surface area (Å²) < 4.78 is 16.7. The largest absolute Gasteiger partial charge is 0.493 e. The molecule has 0 bridgehead atoms. The van der Waals surface area contributed by atoms with E-state index < -0.39 is 0 Å². The molecule has 2 rings (SSSR count). The highest BCUT2D eigenvalue weighted by atomic mass is 16.5. The fourth-order valence-electron chi connectivity index (χ4n) is 2.29. The topological polar surface area (TPSA) is 44.8 Å². The fourth-order valence-corrected chi connectivity index (χ4v) is 2.29. The maximum absolute atomic E-state index is 11.1. The highest BCUT2D eigenvalue weighted by molar-refractivity contribution is 5.78. The summed E-state index contributed by atoms with van der Waals surface area (Å²) in [5, 5.41) is 0. The lowest BCUT2D eigenvalue weighted by Crippen LogP contribution is -1.99. The SMILES string of the molecule is COc1cc(C=O)cc(Oc2c(C)ccc(C)c2C)c1OC. The number of ether oxygens (including phenoxy) is 3. The molecule has 0 aliphatic rings. The lowest BCUT2D eigenvalue weighted by atomic mass is 10.1. The normalized spacial score (nSPS) is 10.2. The van der Waals surface area contributed by atoms with E-state index in [2.05, 4.69) is 6.07 Å². The van der Waals surface area contributed by atoms with Gasteiger partial charge in [0, 0.05) is 5.56 Å². The molecule has 0 radical (unpaired) electrons. The molecule has 0 aliphatic heterocycles. The molecule has 0 unspecified atom stereocenters. The smallest absolute Gasteiger partial charge is 0.203 e. The molecule has 0 saturated carbocycles. The maximum atomic E-state index is 11.1. The van der Waals surface area contributed by atoms with E-state index in [9.17, 15) is 4.79 Å². The molecule has 0 atom stereocenters. The van der Waals surface area contributed by atoms with E-state index in [0.29, 0.717) is 22.8 Å². The van der Waals surface area contributed by atoms with Gasteiger partial charge in [-0.3, -0.25) is 4.79 Å². The van der Waals surface area contributed by atoms with Gasteiger partial charge in [0.25, 0.3) is 0 Å². The van der Waals surface area contributed by atoms with Crippen molar-refractivity contribution in [1.29, 1.82) is 0 Å². The van der Waals surface area contributed by atoms with Crippen molar-refractivity contribution in [1.82, 2.24) is 0 Å². The van der Waals surface area contributed by atoms with Crippen molar-refractivity contribution in [2.75, 3.05) is 14.2 Å². The number of aldehydes is 1. The standard InChI is InChI=1S/C18H20O4/c1-11-6-7-12(2)17(13(11)3)22-16-9-14(10-19)8-15(20-4)18(16)21-5/h6-10H,1-5H3. The van der Waals surface area contributed by atoms with Crippen LogP contribution in [0.2, 0.25) is 0 Å². The van der Waals surface area contributed by atoms with Crippen LogP contribution in [0.5, 0.6) is 23.0 Å². The van der Waals surface area contributed by atoms with Gasteiger partial charge in [-0.1, -0.05) is 12.1 Å². The van der Waals surface area contributed by atoms with E-state index in [-0.39, 0.29) is 0 Å². The van der Waals surface area contributed by atoms with Crippen LogP contribution in [-0.2, 0) is 0 Å². The van der Waals surface area contributed by atoms with E-state index in [1.165, 1.54) is 7.11 Å². The number of hydrogen-bond acceptors (Lipinski definition) is 4. The summed E-state index contributed by atoms with van der Waals surface area (Å²) in [7, 11) is 3.07. The van der Waals surface area contributed by atoms with Crippen LogP contribution in [0.3, 0.4) is 0 Å². The molecule has 0 spiro atoms. The molecular weight excluding hydrogens is 280 g/mol. The predicted octanol–water partition coefficient (Wildman–Crippen LogP) is 4.23. The third-order valence-electron chi connectivity index (χ3n) is 3.69. The Bertz CT molecular complexity index is 705. The van der Waals surface area contributed by atoms with Crippen molar-refractivity contribution in [3.8, 4) is 23.0 Å². The number of benzene rings is 2. The summed E-state index contributed by atoms with van der Waals surface area (Å²) >= 11 is 0. The van der Waals surface area contributed by atoms with Gasteiger partial charge < -0.3 is 14.2 Å². The Morgan fingerprint density at radius 1 is 0.864 bits per heavy atom. The van der Waals surface area contributed by atoms with E-state index in [4.69, 9.17) is 14.2 Å². The zero-order valence-electron chi connectivity index (χ0n) is 13.5. The number of aryl methyl sites for hydroxylation is 2. The van der Waals surface area contributed by atoms with Crippen molar-refractivity contribution in [3.63, 3.8) is 0 Å². The number of methoxy groups -OCH3 is 2. The molecule has 4 nitrogen and oxygen atoms in total. The highest BCUT2D eigenvalue weighted by Gasteiger charge is 2.16. The van der Waals surface area contributed by atoms with Crippen LogP contribution in [0, 0.1) is 20.8 Å². The molecule has 0 N–H and O–H groups in total. The van der Waals surface area contributed by atoms with Crippen molar-refractivity contribution < 1.29 is 19.0 Å². The first-order valence-corrected chi connectivity index (χ1v) is 6.97. The van der Waals surface area contributed by atoms with Gasteiger partial charge in [0.1, 0.15) is 12.0 Å². The molecule has 2 aromatic rings. The Morgan fingerprint density at radius 3 is 2.09 bits per heavy atom. The Labute approximate surface area is 130 Å². The van der Waals surface area contributed by atoms with Crippen molar-refractivity contribution in [2.24, 2.45) is 0 Å². The van der Waals surface area contributed by atoms with Crippen molar-refractivity contribution >= 4 is 6.29 Å². The van der Waals surface area contributed by atoms with E-state index in [1.807, 2.05) is 26.8 Å². The first kappa shape index (κ1) is 15.9. The maximum Gasteiger partial charge on any atom is 0.203 e. The lowest BCUT2D eigenvalue weighted by molar-refractivity contribution is 0.112. The van der Waals surface area contributed by atoms with Gasteiger partial charge in [0.15, 0.2) is 11.5 Å². The Kier molecular flexibility index (Phi) is 4.71. The molecule has 22 heavy (non-hydrogen) atoms. The molecule has 116 valence electrons. The van der Waals surface area contributed by atoms with Gasteiger partial charge >= 0.3 is 0 Å². The van der Waals surface area contributed by atoms with Crippen LogP contribution < -0.4 is 14.2 Å². The summed E-state index contributed by atoms with van der Waals surface area (Å²) in [4.78, 5) is 11.1. The summed E-state index contributed by atoms with van der Waals surface area (Å²) in [6.45, 7) is 6.02. The van der Waals surface area contributed by atoms with Crippen molar-refractivity contribution in [2.45, 2.75) is 20.8 Å². The molecule has 0 fully saturated rings. The highest BCUT2D eigenvalue weighted by Crippen LogP contribution is 2.42. The van der Waals surface area contributed by atoms with Gasteiger partial charge in [-0.25, -0.2) is 0 Å². The number of hydrogen-bond donors (Lipinski definition) is 0. The molecule has 0 aliphatic carbocycles. The Hall–Kier alpha value is -2.49. The number of carbonyl (C=O) groups excluding carboxylic acids is 1. The summed E-state index contributed by atoms with van der Waals surface area (Å²) in [5.74, 6) is 2.16. The average molecular weight is 300 g/mol. The van der Waals surface area contributed by atoms with Crippen LogP contribution in [0.1, 0.15) is 27.0 Å². The average Bonchev–Trinajstić information content (AvgIpc) is 2.54. The minimum absolute atomic E-state index is 0.459. The molecule has 0 amide bonds. The summed E-state index contributed by atoms with van der Waals surface area (Å²) in [5.41, 5.74) is 3.67. The summed E-state index contributed by atoms with van der Waals surface area (Å²) in [6.07, 6.45) is 0.755. The molecule has 0 aromatic heterocycles. The molecule has 4 heteroatoms. The van der Waals surface area contributed by atoms with Crippen molar-refractivity contribution in [3.05, 3.63) is 46.5 Å². The molecule has 0 saturated heterocycles. The van der Waals surface area contributed by atoms with Crippen LogP contribution in [0.15, 0.2) is 24.3 Å². The number of rotatable bonds is 5. The Balaban J connectivity index is 2.58. The zero-order valence-corrected chi connectivity index (χ0v) is 13.5. The second kappa shape index (κ2) is 6.52. The van der Waals surface area contributed by atoms with Gasteiger partial charge in [-0.2, -0.15) is 0 Å². The lowest BCUT2D eigenvalue weighted by Gasteiger charge is -2.17. The van der Waals surface area contributed by atoms with Gasteiger partial charge in [0.2, 0.25) is 5.75 Å². The second-order valence-electron chi connectivity index (χ2n) is 5.13. The van der Waals surface area contributed by atoms with Gasteiger partial charge in [0.05, 0.1) is 14.2 Å². The van der Waals surface area contributed by atoms with E-state index in [0.717, 1.165) is 28.7 Å². The monoisotopic (exact) mass is 300 g/mol. The van der Waals surface area contributed by atoms with Crippen LogP contribution in [0.25, 0.3) is 0 Å². The first-order valence-electron chi connectivity index (χ1n) is 6.97. The molecule has 0 heterocycles. The first-order chi connectivity index (χ1) is 10.5. The Morgan fingerprint density at radius 2 is 1.50 bits per heavy atom. The minimum Gasteiger partial charge on any atom is -0.493 e. The predicted molar refractivity (Wildman–Crippen MR) is 85.7 cm³/mol. The fraction of sp³-hybridized carbons (Fsp3) is 0.278. The van der Waals surface area contributed by atoms with E-state index >= 15 is 0 Å². The molecule has 2 aromatic carbocycles. The summed E-state index contributed by atoms with van der Waals surface area (Å²) in [6, 6.07) is 7.33. The van der Waals surface area contributed by atoms with Crippen LogP contribution in [0.4, 0.5) is 0 Å². The van der Waals surface area contributed by atoms with Crippen LogP contribution >= 0.6 is 0 Å². The second-order valence-corrected chi connectivity index (χ2v) is 5.13. The quantitative estimate of drug-likeness (QED) is 0.775.